The number of hydrogen-bond acceptors (Lipinski definition) is 3. The first kappa shape index (κ1) is 14.2. The maximum Gasteiger partial charge on any atom is 0.246 e. The topological polar surface area (TPSA) is 59.3 Å². The Hall–Kier alpha value is -1.84. The molecule has 4 nitrogen and oxygen atoms in total. The second-order valence-corrected chi connectivity index (χ2v) is 5.08. The third kappa shape index (κ3) is 3.87. The van der Waals surface area contributed by atoms with Crippen LogP contribution in [-0.4, -0.2) is 31.3 Å². The summed E-state index contributed by atoms with van der Waals surface area (Å²) >= 11 is 0. The molecular weight excluding hydrogens is 228 g/mol. The molecule has 0 bridgehead atoms. The lowest BCUT2D eigenvalue weighted by molar-refractivity contribution is -0.111. The standard InChI is InChI=1S/C10H13NO.C4H7NO/c1-8(12)9-5-4-6-10(7-9)11(2)3;1-4(2)3(6)5-4/h4-7H,1-3H3;1-2H3,(H,5,6). The number of hydrogen-bond donors (Lipinski definition) is 1. The number of carbonyl (C=O) groups excluding carboxylic acids is 2. The van der Waals surface area contributed by atoms with Gasteiger partial charge in [-0.05, 0) is 32.9 Å². The molecule has 1 N–H and O–H groups in total. The Balaban J connectivity index is 0.000000225. The lowest BCUT2D eigenvalue weighted by atomic mass is 10.1. The van der Waals surface area contributed by atoms with Crippen LogP contribution in [0.1, 0.15) is 31.1 Å². The first-order valence-electron chi connectivity index (χ1n) is 5.85. The monoisotopic (exact) mass is 248 g/mol. The number of nitrogens with one attached hydrogen (secondary N) is 1. The van der Waals surface area contributed by atoms with Crippen LogP contribution < -0.4 is 10.2 Å². The Bertz CT molecular complexity index is 465. The summed E-state index contributed by atoms with van der Waals surface area (Å²) in [6.45, 7) is 5.29. The molecule has 1 aromatic rings. The van der Waals surface area contributed by atoms with Gasteiger partial charge in [0.1, 0.15) is 5.54 Å². The Morgan fingerprint density at radius 1 is 1.28 bits per heavy atom. The van der Waals surface area contributed by atoms with E-state index in [1.165, 1.54) is 0 Å². The molecule has 0 radical (unpaired) electrons. The molecule has 0 atom stereocenters. The van der Waals surface area contributed by atoms with E-state index >= 15 is 0 Å². The van der Waals surface area contributed by atoms with E-state index in [0.29, 0.717) is 0 Å². The van der Waals surface area contributed by atoms with E-state index in [9.17, 15) is 9.59 Å². The van der Waals surface area contributed by atoms with Crippen molar-refractivity contribution in [2.45, 2.75) is 26.3 Å². The minimum atomic E-state index is -0.181. The average Bonchev–Trinajstić information content (AvgIpc) is 2.84. The predicted octanol–water partition coefficient (Wildman–Crippen LogP) is 1.85. The van der Waals surface area contributed by atoms with Crippen LogP contribution in [-0.2, 0) is 4.79 Å². The summed E-state index contributed by atoms with van der Waals surface area (Å²) in [5.74, 6) is 0.265. The predicted molar refractivity (Wildman–Crippen MR) is 73.0 cm³/mol. The number of rotatable bonds is 2. The van der Waals surface area contributed by atoms with Crippen LogP contribution in [0.5, 0.6) is 0 Å². The van der Waals surface area contributed by atoms with Crippen molar-refractivity contribution < 1.29 is 9.59 Å². The molecule has 4 heteroatoms. The molecule has 0 aromatic heterocycles. The second-order valence-electron chi connectivity index (χ2n) is 5.08. The molecule has 0 unspecified atom stereocenters. The highest BCUT2D eigenvalue weighted by Crippen LogP contribution is 2.14. The van der Waals surface area contributed by atoms with E-state index in [1.54, 1.807) is 6.92 Å². The van der Waals surface area contributed by atoms with Crippen LogP contribution in [0.3, 0.4) is 0 Å². The average molecular weight is 248 g/mol. The SMILES string of the molecule is CC(=O)c1cccc(N(C)C)c1.CC1(C)NC1=O. The number of amides is 1. The summed E-state index contributed by atoms with van der Waals surface area (Å²) < 4.78 is 0. The highest BCUT2D eigenvalue weighted by molar-refractivity contribution is 6.00. The van der Waals surface area contributed by atoms with Crippen molar-refractivity contribution in [2.24, 2.45) is 0 Å². The molecule has 2 rings (SSSR count). The molecule has 1 aliphatic heterocycles. The lowest BCUT2D eigenvalue weighted by Crippen LogP contribution is -2.09. The van der Waals surface area contributed by atoms with Gasteiger partial charge in [-0.2, -0.15) is 0 Å². The van der Waals surface area contributed by atoms with Gasteiger partial charge in [-0.1, -0.05) is 12.1 Å². The van der Waals surface area contributed by atoms with Gasteiger partial charge in [-0.15, -0.1) is 0 Å². The van der Waals surface area contributed by atoms with Crippen LogP contribution in [0.4, 0.5) is 5.69 Å². The summed E-state index contributed by atoms with van der Waals surface area (Å²) in [6, 6.07) is 7.59. The highest BCUT2D eigenvalue weighted by atomic mass is 16.2. The third-order valence-corrected chi connectivity index (χ3v) is 2.70. The maximum absolute atomic E-state index is 11.0. The van der Waals surface area contributed by atoms with Gasteiger partial charge in [0.05, 0.1) is 0 Å². The summed E-state index contributed by atoms with van der Waals surface area (Å²) in [5.41, 5.74) is 1.64. The zero-order valence-electron chi connectivity index (χ0n) is 11.6. The molecule has 0 spiro atoms. The fourth-order valence-electron chi connectivity index (χ4n) is 1.26. The van der Waals surface area contributed by atoms with Crippen molar-refractivity contribution in [1.29, 1.82) is 0 Å². The Morgan fingerprint density at radius 2 is 1.78 bits per heavy atom. The van der Waals surface area contributed by atoms with Gasteiger partial charge in [0.2, 0.25) is 5.91 Å². The molecule has 0 aliphatic carbocycles. The minimum absolute atomic E-state index is 0.110. The molecule has 18 heavy (non-hydrogen) atoms. The molecule has 1 aromatic carbocycles. The summed E-state index contributed by atoms with van der Waals surface area (Å²) in [6.07, 6.45) is 0. The Kier molecular flexibility index (Phi) is 4.11. The summed E-state index contributed by atoms with van der Waals surface area (Å²) in [5, 5.41) is 2.63. The number of anilines is 1. The number of Topliss-reactive ketones (excluding diaryl/α,β-unsaturated/α-hetero) is 1. The molecule has 1 amide bonds. The molecule has 1 saturated heterocycles. The summed E-state index contributed by atoms with van der Waals surface area (Å²) in [4.78, 5) is 23.1. The zero-order chi connectivity index (χ0) is 13.9. The molecule has 0 saturated carbocycles. The van der Waals surface area contributed by atoms with Crippen LogP contribution >= 0.6 is 0 Å². The number of nitrogens with zero attached hydrogens (tertiary/aromatic N) is 1. The zero-order valence-corrected chi connectivity index (χ0v) is 11.6. The van der Waals surface area contributed by atoms with E-state index in [0.717, 1.165) is 11.3 Å². The summed E-state index contributed by atoms with van der Waals surface area (Å²) in [7, 11) is 3.92. The van der Waals surface area contributed by atoms with Crippen LogP contribution in [0.2, 0.25) is 0 Å². The fourth-order valence-corrected chi connectivity index (χ4v) is 1.26. The van der Waals surface area contributed by atoms with Crippen molar-refractivity contribution in [3.8, 4) is 0 Å². The van der Waals surface area contributed by atoms with Crippen molar-refractivity contribution in [2.75, 3.05) is 19.0 Å². The van der Waals surface area contributed by atoms with Gasteiger partial charge < -0.3 is 10.2 Å². The van der Waals surface area contributed by atoms with Gasteiger partial charge in [0, 0.05) is 25.3 Å². The molecule has 1 heterocycles. The lowest BCUT2D eigenvalue weighted by Gasteiger charge is -2.12. The Morgan fingerprint density at radius 3 is 2.11 bits per heavy atom. The van der Waals surface area contributed by atoms with E-state index in [2.05, 4.69) is 5.32 Å². The van der Waals surface area contributed by atoms with Gasteiger partial charge in [0.25, 0.3) is 0 Å². The molecular formula is C14H20N2O2. The minimum Gasteiger partial charge on any atom is -0.378 e. The normalized spacial score (nSPS) is 15.1. The van der Waals surface area contributed by atoms with Crippen LogP contribution in [0.15, 0.2) is 24.3 Å². The van der Waals surface area contributed by atoms with Crippen molar-refractivity contribution >= 4 is 17.4 Å². The van der Waals surface area contributed by atoms with Crippen molar-refractivity contribution in [1.82, 2.24) is 5.32 Å². The van der Waals surface area contributed by atoms with Gasteiger partial charge in [-0.25, -0.2) is 0 Å². The Labute approximate surface area is 108 Å². The first-order valence-corrected chi connectivity index (χ1v) is 5.85. The quantitative estimate of drug-likeness (QED) is 0.642. The second kappa shape index (κ2) is 5.21. The van der Waals surface area contributed by atoms with Gasteiger partial charge in [0.15, 0.2) is 5.78 Å². The fraction of sp³-hybridized carbons (Fsp3) is 0.429. The van der Waals surface area contributed by atoms with Gasteiger partial charge >= 0.3 is 0 Å². The highest BCUT2D eigenvalue weighted by Gasteiger charge is 2.43. The maximum atomic E-state index is 11.0. The van der Waals surface area contributed by atoms with Crippen molar-refractivity contribution in [3.63, 3.8) is 0 Å². The first-order chi connectivity index (χ1) is 8.24. The van der Waals surface area contributed by atoms with Crippen molar-refractivity contribution in [3.05, 3.63) is 29.8 Å². The van der Waals surface area contributed by atoms with E-state index in [-0.39, 0.29) is 17.2 Å². The molecule has 98 valence electrons. The number of benzene rings is 1. The number of ketones is 1. The largest absolute Gasteiger partial charge is 0.378 e. The smallest absolute Gasteiger partial charge is 0.246 e. The van der Waals surface area contributed by atoms with Crippen LogP contribution in [0, 0.1) is 0 Å². The van der Waals surface area contributed by atoms with Crippen LogP contribution in [0.25, 0.3) is 0 Å². The molecule has 1 aliphatic rings. The molecule has 1 fully saturated rings. The third-order valence-electron chi connectivity index (χ3n) is 2.70. The van der Waals surface area contributed by atoms with Gasteiger partial charge in [-0.3, -0.25) is 9.59 Å². The van der Waals surface area contributed by atoms with E-state index in [1.807, 2.05) is 57.1 Å². The van der Waals surface area contributed by atoms with E-state index < -0.39 is 0 Å². The van der Waals surface area contributed by atoms with E-state index in [4.69, 9.17) is 0 Å². The number of carbonyl (C=O) groups is 2.